The number of para-hydroxylation sites is 2. The number of carbonyl (C=O) groups excluding carboxylic acids is 4. The van der Waals surface area contributed by atoms with Gasteiger partial charge < -0.3 is 31.1 Å². The minimum atomic E-state index is -1.03. The molecule has 2 amide bonds. The lowest BCUT2D eigenvalue weighted by Gasteiger charge is -2.29. The van der Waals surface area contributed by atoms with E-state index >= 15 is 0 Å². The van der Waals surface area contributed by atoms with Crippen molar-refractivity contribution >= 4 is 79.1 Å². The highest BCUT2D eigenvalue weighted by Crippen LogP contribution is 2.46. The molecule has 6 N–H and O–H groups in total. The highest BCUT2D eigenvalue weighted by Gasteiger charge is 2.41. The molecule has 326 valence electrons. The van der Waals surface area contributed by atoms with Gasteiger partial charge in [0, 0.05) is 61.7 Å². The molecule has 0 aliphatic carbocycles. The van der Waals surface area contributed by atoms with Crippen LogP contribution in [0.15, 0.2) is 97.1 Å². The number of phenols is 2. The lowest BCUT2D eigenvalue weighted by Crippen LogP contribution is -2.46. The second-order valence-electron chi connectivity index (χ2n) is 14.5. The van der Waals surface area contributed by atoms with E-state index in [9.17, 15) is 49.2 Å². The highest BCUT2D eigenvalue weighted by atomic mass is 33.1. The molecule has 0 spiro atoms. The average Bonchev–Trinajstić information content (AvgIpc) is 3.89. The number of carboxylic acid groups (broad SMARTS) is 2. The van der Waals surface area contributed by atoms with Crippen LogP contribution < -0.4 is 10.6 Å². The Morgan fingerprint density at radius 3 is 1.37 bits per heavy atom. The number of hydrogen-bond donors (Lipinski definition) is 6. The molecule has 4 aromatic carbocycles. The van der Waals surface area contributed by atoms with Crippen molar-refractivity contribution in [2.45, 2.75) is 48.5 Å². The maximum atomic E-state index is 13.5. The predicted octanol–water partition coefficient (Wildman–Crippen LogP) is 5.96. The first-order valence-corrected chi connectivity index (χ1v) is 24.0. The molecule has 0 radical (unpaired) electrons. The number of phenolic OH excluding ortho intramolecular Hbond substituents is 2. The molecule has 4 aromatic rings. The normalized spacial score (nSPS) is 18.9. The molecular formula is C44H46N4O10S4. The number of rotatable bonds is 18. The Bertz CT molecular complexity index is 2120. The van der Waals surface area contributed by atoms with Crippen LogP contribution in [0, 0.1) is 0 Å². The Kier molecular flexibility index (Phi) is 16.8. The molecule has 2 fully saturated rings. The summed E-state index contributed by atoms with van der Waals surface area (Å²) in [7, 11) is 1.63. The Labute approximate surface area is 375 Å². The van der Waals surface area contributed by atoms with Gasteiger partial charge in [0.15, 0.2) is 0 Å². The fourth-order valence-corrected chi connectivity index (χ4v) is 11.9. The number of aromatic hydroxyl groups is 2. The van der Waals surface area contributed by atoms with Crippen LogP contribution in [0.1, 0.15) is 66.6 Å². The van der Waals surface area contributed by atoms with Crippen molar-refractivity contribution in [2.75, 3.05) is 37.7 Å². The van der Waals surface area contributed by atoms with E-state index in [0.29, 0.717) is 35.5 Å². The van der Waals surface area contributed by atoms with Gasteiger partial charge in [-0.05, 0) is 82.0 Å². The maximum absolute atomic E-state index is 13.5. The van der Waals surface area contributed by atoms with Gasteiger partial charge in [-0.2, -0.15) is 0 Å². The molecule has 2 aliphatic rings. The first kappa shape index (κ1) is 46.5. The van der Waals surface area contributed by atoms with Gasteiger partial charge in [0.1, 0.15) is 11.5 Å². The summed E-state index contributed by atoms with van der Waals surface area (Å²) in [5.74, 6) is -1.63. The average molecular weight is 919 g/mol. The topological polar surface area (TPSA) is 214 Å². The van der Waals surface area contributed by atoms with E-state index in [2.05, 4.69) is 10.6 Å². The first-order valence-electron chi connectivity index (χ1n) is 19.8. The molecule has 0 saturated carbocycles. The largest absolute Gasteiger partial charge is 0.508 e. The molecule has 14 nitrogen and oxygen atoms in total. The van der Waals surface area contributed by atoms with Crippen molar-refractivity contribution in [3.05, 3.63) is 130 Å². The summed E-state index contributed by atoms with van der Waals surface area (Å²) in [5, 5.41) is 44.5. The van der Waals surface area contributed by atoms with Gasteiger partial charge in [0.05, 0.1) is 34.0 Å². The summed E-state index contributed by atoms with van der Waals surface area (Å²) in [4.78, 5) is 80.1. The quantitative estimate of drug-likeness (QED) is 0.0636. The van der Waals surface area contributed by atoms with Crippen LogP contribution in [0.25, 0.3) is 0 Å². The monoisotopic (exact) mass is 918 g/mol. The van der Waals surface area contributed by atoms with Crippen molar-refractivity contribution in [2.24, 2.45) is 0 Å². The van der Waals surface area contributed by atoms with Crippen molar-refractivity contribution in [3.8, 4) is 11.5 Å². The number of nitrogens with one attached hydrogen (secondary N) is 2. The van der Waals surface area contributed by atoms with Crippen LogP contribution in [-0.2, 0) is 32.0 Å². The minimum Gasteiger partial charge on any atom is -0.508 e. The van der Waals surface area contributed by atoms with Crippen LogP contribution in [-0.4, -0.2) is 114 Å². The second-order valence-corrected chi connectivity index (χ2v) is 19.0. The number of thioether (sulfide) groups is 2. The molecule has 6 rings (SSSR count). The molecule has 0 aromatic heterocycles. The van der Waals surface area contributed by atoms with Crippen LogP contribution in [0.3, 0.4) is 0 Å². The predicted molar refractivity (Wildman–Crippen MR) is 242 cm³/mol. The van der Waals surface area contributed by atoms with Gasteiger partial charge in [-0.3, -0.25) is 29.0 Å². The van der Waals surface area contributed by atoms with E-state index in [1.807, 2.05) is 9.80 Å². The second kappa shape index (κ2) is 22.4. The third kappa shape index (κ3) is 12.4. The molecular weight excluding hydrogens is 873 g/mol. The number of amides is 2. The Balaban J connectivity index is 1.03. The fourth-order valence-electron chi connectivity index (χ4n) is 7.24. The fraction of sp³-hybridized carbons (Fsp3) is 0.318. The zero-order valence-electron chi connectivity index (χ0n) is 33.4. The van der Waals surface area contributed by atoms with Gasteiger partial charge in [-0.25, -0.2) is 9.59 Å². The summed E-state index contributed by atoms with van der Waals surface area (Å²) in [6.07, 6.45) is 0.871. The third-order valence-electron chi connectivity index (χ3n) is 10.4. The number of aromatic carboxylic acids is 2. The zero-order chi connectivity index (χ0) is 44.2. The highest BCUT2D eigenvalue weighted by molar-refractivity contribution is 8.87. The summed E-state index contributed by atoms with van der Waals surface area (Å²) in [6, 6.07) is 25.5. The Morgan fingerprint density at radius 1 is 0.581 bits per heavy atom. The molecule has 4 atom stereocenters. The number of nitrogens with zero attached hydrogens (tertiary/aromatic N) is 2. The van der Waals surface area contributed by atoms with E-state index in [-0.39, 0.29) is 83.7 Å². The van der Waals surface area contributed by atoms with E-state index in [1.54, 1.807) is 84.9 Å². The van der Waals surface area contributed by atoms with Crippen LogP contribution in [0.5, 0.6) is 11.5 Å². The van der Waals surface area contributed by atoms with E-state index in [0.717, 1.165) is 32.7 Å². The lowest BCUT2D eigenvalue weighted by molar-refractivity contribution is -0.126. The van der Waals surface area contributed by atoms with Crippen molar-refractivity contribution < 1.29 is 49.2 Å². The first-order chi connectivity index (χ1) is 29.9. The van der Waals surface area contributed by atoms with Crippen LogP contribution in [0.2, 0.25) is 0 Å². The smallest absolute Gasteiger partial charge is 0.335 e. The molecule has 2 heterocycles. The third-order valence-corrected chi connectivity index (χ3v) is 15.3. The Hall–Kier alpha value is -4.98. The number of benzene rings is 4. The summed E-state index contributed by atoms with van der Waals surface area (Å²) >= 11 is 2.95. The number of carboxylic acids is 2. The lowest BCUT2D eigenvalue weighted by atomic mass is 10.1. The summed E-state index contributed by atoms with van der Waals surface area (Å²) < 4.78 is 0. The summed E-state index contributed by atoms with van der Waals surface area (Å²) in [6.45, 7) is 0.901. The molecule has 2 aliphatic heterocycles. The van der Waals surface area contributed by atoms with Crippen molar-refractivity contribution in [1.29, 1.82) is 0 Å². The Morgan fingerprint density at radius 2 is 0.984 bits per heavy atom. The molecule has 18 heteroatoms. The van der Waals surface area contributed by atoms with Gasteiger partial charge in [-0.15, -0.1) is 23.5 Å². The minimum absolute atomic E-state index is 0.0162. The number of carbonyl (C=O) groups is 6. The molecule has 2 saturated heterocycles. The van der Waals surface area contributed by atoms with E-state index in [4.69, 9.17) is 0 Å². The van der Waals surface area contributed by atoms with E-state index < -0.39 is 34.8 Å². The molecule has 62 heavy (non-hydrogen) atoms. The van der Waals surface area contributed by atoms with Crippen LogP contribution in [0.4, 0.5) is 0 Å². The maximum Gasteiger partial charge on any atom is 0.335 e. The van der Waals surface area contributed by atoms with Gasteiger partial charge in [0.25, 0.3) is 0 Å². The molecule has 4 unspecified atom stereocenters. The van der Waals surface area contributed by atoms with Crippen molar-refractivity contribution in [3.63, 3.8) is 0 Å². The number of hydrogen-bond acceptors (Lipinski definition) is 14. The van der Waals surface area contributed by atoms with Crippen LogP contribution >= 0.6 is 45.1 Å². The summed E-state index contributed by atoms with van der Waals surface area (Å²) in [5.41, 5.74) is 3.08. The van der Waals surface area contributed by atoms with E-state index in [1.165, 1.54) is 35.7 Å². The van der Waals surface area contributed by atoms with Gasteiger partial charge in [-0.1, -0.05) is 60.7 Å². The SMILES string of the molecule is O=C(CCN1C(C(=O)NCCc2cccc(C(=O)O)c2)CSC1c1ccccc1O)SSC(=O)CCN1C(C(=O)NCCc2cccc(C(=O)O)c2)CSC1c1ccccc1O. The van der Waals surface area contributed by atoms with Gasteiger partial charge >= 0.3 is 11.9 Å². The molecule has 0 bridgehead atoms. The standard InChI is InChI=1S/C44H46N4O10S4/c49-35-13-3-1-11-31(35)41-47(33(25-59-41)39(53)45-19-15-27-7-5-9-29(23-27)43(55)56)21-17-37(51)61-62-38(52)18-22-48-34(26-60-42(48)32-12-2-4-14-36(32)50)40(54)46-20-16-28-8-6-10-30(24-28)44(57)58/h1-14,23-24,33-34,41-42,49-50H,15-22,25-26H2,(H,45,53)(H,46,54)(H,55,56)(H,57,58). The zero-order valence-corrected chi connectivity index (χ0v) is 36.6. The van der Waals surface area contributed by atoms with Gasteiger partial charge in [0.2, 0.25) is 22.0 Å². The van der Waals surface area contributed by atoms with Crippen molar-refractivity contribution in [1.82, 2.24) is 20.4 Å².